The third-order valence-electron chi connectivity index (χ3n) is 4.82. The lowest BCUT2D eigenvalue weighted by atomic mass is 10.4. The summed E-state index contributed by atoms with van der Waals surface area (Å²) in [4.78, 5) is 14.2. The van der Waals surface area contributed by atoms with Crippen LogP contribution in [0, 0.1) is 15.7 Å². The van der Waals surface area contributed by atoms with Crippen LogP contribution in [0.1, 0.15) is 0 Å². The number of halogens is 1. The maximum Gasteiger partial charge on any atom is 0.241 e. The summed E-state index contributed by atoms with van der Waals surface area (Å²) < 4.78 is 32.7. The second kappa shape index (κ2) is 10.6. The molecule has 0 atom stereocenters. The van der Waals surface area contributed by atoms with E-state index in [0.29, 0.717) is 17.2 Å². The minimum Gasteiger partial charge on any atom is -0.278 e. The van der Waals surface area contributed by atoms with Crippen LogP contribution in [-0.2, 0) is 4.79 Å². The van der Waals surface area contributed by atoms with Crippen LogP contribution in [0.25, 0.3) is 0 Å². The van der Waals surface area contributed by atoms with Crippen molar-refractivity contribution >= 4 is 46.0 Å². The molecule has 0 spiro atoms. The molecule has 3 aromatic rings. The molecule has 0 bridgehead atoms. The van der Waals surface area contributed by atoms with Gasteiger partial charge in [-0.1, -0.05) is 66.4 Å². The molecule has 1 aliphatic rings. The van der Waals surface area contributed by atoms with Gasteiger partial charge in [-0.15, -0.1) is 0 Å². The van der Waals surface area contributed by atoms with Gasteiger partial charge in [0.1, 0.15) is 23.2 Å². The molecule has 1 aliphatic heterocycles. The van der Waals surface area contributed by atoms with E-state index in [2.05, 4.69) is 72.8 Å². The number of carbonyl (C=O) groups excluding carboxylic acids is 1. The van der Waals surface area contributed by atoms with E-state index in [1.807, 2.05) is 18.2 Å². The largest absolute Gasteiger partial charge is 0.278 e. The quantitative estimate of drug-likeness (QED) is 0.454. The molecule has 1 heterocycles. The standard InChI is InChI=1S/C22H20N2OPS.ClHO4/c23-22-24(21(25)16-27-22)17-26(18-10-4-1-5-11-18,19-12-6-2-7-13-19)20-14-8-3-9-15-20;2-1(3,4)5/h1-15,23H,16-17H2;(H,2,3,4,5)/q+1;. The van der Waals surface area contributed by atoms with Gasteiger partial charge in [-0.2, -0.15) is 14.0 Å². The number of nitrogens with zero attached hydrogens (tertiary/aromatic N) is 1. The Hall–Kier alpha value is -2.29. The predicted octanol–water partition coefficient (Wildman–Crippen LogP) is -0.676. The second-order valence-corrected chi connectivity index (χ2v) is 12.0. The van der Waals surface area contributed by atoms with Crippen molar-refractivity contribution in [3.63, 3.8) is 0 Å². The van der Waals surface area contributed by atoms with Crippen LogP contribution in [0.15, 0.2) is 91.0 Å². The van der Waals surface area contributed by atoms with Crippen molar-refractivity contribution in [2.24, 2.45) is 0 Å². The molecule has 0 radical (unpaired) electrons. The molecule has 0 saturated carbocycles. The lowest BCUT2D eigenvalue weighted by Gasteiger charge is -2.30. The highest BCUT2D eigenvalue weighted by molar-refractivity contribution is 8.15. The van der Waals surface area contributed by atoms with E-state index in [4.69, 9.17) is 24.0 Å². The number of thioether (sulfide) groups is 1. The van der Waals surface area contributed by atoms with Gasteiger partial charge < -0.3 is 0 Å². The van der Waals surface area contributed by atoms with E-state index < -0.39 is 17.5 Å². The Morgan fingerprint density at radius 1 is 0.844 bits per heavy atom. The molecule has 32 heavy (non-hydrogen) atoms. The van der Waals surface area contributed by atoms with E-state index in [1.54, 1.807) is 4.90 Å². The molecular formula is C22H21ClN2O5PS+. The predicted molar refractivity (Wildman–Crippen MR) is 119 cm³/mol. The number of carbonyl (C=O) groups is 1. The number of amides is 1. The zero-order valence-electron chi connectivity index (χ0n) is 16.8. The van der Waals surface area contributed by atoms with Crippen molar-refractivity contribution in [2.45, 2.75) is 0 Å². The molecule has 0 aliphatic carbocycles. The fourth-order valence-corrected chi connectivity index (χ4v) is 8.48. The number of amidine groups is 1. The SMILES string of the molecule is N=C1SCC(=O)N1C[P+](c1ccccc1)(c1ccccc1)c1ccccc1.[O-][Cl+3]([O-])([O-])O. The average molecular weight is 492 g/mol. The van der Waals surface area contributed by atoms with Gasteiger partial charge in [0.15, 0.2) is 11.5 Å². The lowest BCUT2D eigenvalue weighted by Crippen LogP contribution is -2.58. The first-order valence-corrected chi connectivity index (χ1v) is 13.6. The molecule has 1 fully saturated rings. The first kappa shape index (κ1) is 24.4. The van der Waals surface area contributed by atoms with Crippen molar-refractivity contribution < 1.29 is 33.7 Å². The van der Waals surface area contributed by atoms with Gasteiger partial charge in [0.25, 0.3) is 0 Å². The first-order chi connectivity index (χ1) is 15.2. The molecular weight excluding hydrogens is 471 g/mol. The van der Waals surface area contributed by atoms with E-state index in [9.17, 15) is 4.79 Å². The zero-order valence-corrected chi connectivity index (χ0v) is 19.3. The fraction of sp³-hybridized carbons (Fsp3) is 0.0909. The summed E-state index contributed by atoms with van der Waals surface area (Å²) in [6.07, 6.45) is 0.524. The van der Waals surface area contributed by atoms with E-state index in [-0.39, 0.29) is 5.91 Å². The highest BCUT2D eigenvalue weighted by Gasteiger charge is 2.49. The third kappa shape index (κ3) is 5.94. The maximum atomic E-state index is 12.5. The van der Waals surface area contributed by atoms with Gasteiger partial charge in [0.2, 0.25) is 5.91 Å². The van der Waals surface area contributed by atoms with Gasteiger partial charge in [-0.3, -0.25) is 15.1 Å². The molecule has 0 aromatic heterocycles. The van der Waals surface area contributed by atoms with Crippen molar-refractivity contribution in [3.8, 4) is 0 Å². The Labute approximate surface area is 192 Å². The number of hydrogen-bond acceptors (Lipinski definition) is 7. The highest BCUT2D eigenvalue weighted by atomic mass is 35.7. The molecule has 166 valence electrons. The molecule has 10 heteroatoms. The molecule has 1 amide bonds. The van der Waals surface area contributed by atoms with Crippen LogP contribution in [0.2, 0.25) is 0 Å². The Kier molecular flexibility index (Phi) is 8.03. The van der Waals surface area contributed by atoms with Gasteiger partial charge >= 0.3 is 0 Å². The van der Waals surface area contributed by atoms with Crippen LogP contribution in [0.5, 0.6) is 0 Å². The summed E-state index contributed by atoms with van der Waals surface area (Å²) in [6, 6.07) is 31.4. The molecule has 0 unspecified atom stereocenters. The Morgan fingerprint density at radius 3 is 1.47 bits per heavy atom. The van der Waals surface area contributed by atoms with Crippen molar-refractivity contribution in [2.75, 3.05) is 12.0 Å². The summed E-state index contributed by atoms with van der Waals surface area (Å²) >= 11 is 1.32. The molecule has 3 aromatic carbocycles. The summed E-state index contributed by atoms with van der Waals surface area (Å²) in [5, 5.41) is 12.3. The van der Waals surface area contributed by atoms with Crippen LogP contribution >= 0.6 is 19.0 Å². The maximum absolute atomic E-state index is 12.5. The number of hydrogen-bond donors (Lipinski definition) is 2. The van der Waals surface area contributed by atoms with Crippen molar-refractivity contribution in [3.05, 3.63) is 91.0 Å². The monoisotopic (exact) mass is 491 g/mol. The minimum atomic E-state index is -4.69. The second-order valence-electron chi connectivity index (χ2n) is 6.77. The van der Waals surface area contributed by atoms with Gasteiger partial charge in [0.05, 0.1) is 20.7 Å². The van der Waals surface area contributed by atoms with Gasteiger partial charge in [0, 0.05) is 0 Å². The van der Waals surface area contributed by atoms with Crippen LogP contribution in [-0.4, -0.2) is 32.7 Å². The van der Waals surface area contributed by atoms with Crippen molar-refractivity contribution in [1.29, 1.82) is 5.41 Å². The van der Waals surface area contributed by atoms with Crippen LogP contribution in [0.3, 0.4) is 0 Å². The molecule has 1 saturated heterocycles. The van der Waals surface area contributed by atoms with Crippen molar-refractivity contribution in [1.82, 2.24) is 4.90 Å². The summed E-state index contributed by atoms with van der Waals surface area (Å²) in [5.74, 6) is 0.383. The Bertz CT molecular complexity index is 934. The highest BCUT2D eigenvalue weighted by Crippen LogP contribution is 2.56. The normalized spacial score (nSPS) is 14.2. The third-order valence-corrected chi connectivity index (χ3v) is 9.95. The smallest absolute Gasteiger partial charge is 0.241 e. The lowest BCUT2D eigenvalue weighted by molar-refractivity contribution is -1.92. The first-order valence-electron chi connectivity index (χ1n) is 9.41. The van der Waals surface area contributed by atoms with E-state index >= 15 is 0 Å². The van der Waals surface area contributed by atoms with E-state index in [0.717, 1.165) is 0 Å². The Morgan fingerprint density at radius 2 is 1.19 bits per heavy atom. The van der Waals surface area contributed by atoms with Crippen LogP contribution < -0.4 is 29.9 Å². The van der Waals surface area contributed by atoms with E-state index in [1.165, 1.54) is 27.7 Å². The van der Waals surface area contributed by atoms with Gasteiger partial charge in [-0.25, -0.2) is 0 Å². The Balaban J connectivity index is 0.000000523. The number of rotatable bonds is 5. The van der Waals surface area contributed by atoms with Crippen LogP contribution in [0.4, 0.5) is 0 Å². The topological polar surface area (TPSA) is 134 Å². The minimum absolute atomic E-state index is 0.0252. The molecule has 4 rings (SSSR count). The average Bonchev–Trinajstić information content (AvgIpc) is 3.10. The fourth-order valence-electron chi connectivity index (χ4n) is 3.49. The molecule has 2 N–H and O–H groups in total. The zero-order chi connectivity index (χ0) is 23.2. The summed E-state index contributed by atoms with van der Waals surface area (Å²) in [6.45, 7) is 0. The number of nitrogens with one attached hydrogen (secondary N) is 1. The molecule has 7 nitrogen and oxygen atoms in total. The number of benzene rings is 3. The van der Waals surface area contributed by atoms with Gasteiger partial charge in [-0.05, 0) is 36.4 Å². The summed E-state index contributed by atoms with van der Waals surface area (Å²) in [7, 11) is -6.82. The summed E-state index contributed by atoms with van der Waals surface area (Å²) in [5.41, 5.74) is 0.